The molecule has 0 aromatic carbocycles. The van der Waals surface area contributed by atoms with Crippen LogP contribution in [-0.4, -0.2) is 0 Å². The fourth-order valence-electron chi connectivity index (χ4n) is 3.02. The predicted molar refractivity (Wildman–Crippen MR) is 43.8 cm³/mol. The lowest BCUT2D eigenvalue weighted by Crippen LogP contribution is -2.21. The second-order valence-electron chi connectivity index (χ2n) is 5.20. The molecule has 2 fully saturated rings. The Kier molecular flexibility index (Phi) is 1.07. The van der Waals surface area contributed by atoms with Crippen LogP contribution in [0.1, 0.15) is 46.5 Å². The molecular formula is C10H18. The normalized spacial score (nSPS) is 45.3. The molecule has 2 rings (SSSR count). The highest BCUT2D eigenvalue weighted by atomic mass is 14.7. The number of fused-ring (bicyclic) bond motifs is 1. The monoisotopic (exact) mass is 138 g/mol. The first-order valence-corrected chi connectivity index (χ1v) is 4.56. The van der Waals surface area contributed by atoms with Gasteiger partial charge in [0, 0.05) is 0 Å². The number of hydrogen-bond acceptors (Lipinski definition) is 0. The molecule has 0 aromatic rings. The minimum Gasteiger partial charge on any atom is -0.0596 e. The van der Waals surface area contributed by atoms with Crippen molar-refractivity contribution < 1.29 is 0 Å². The molecule has 58 valence electrons. The Balaban J connectivity index is 2.18. The molecule has 0 bridgehead atoms. The van der Waals surface area contributed by atoms with Gasteiger partial charge in [0.1, 0.15) is 0 Å². The average molecular weight is 138 g/mol. The van der Waals surface area contributed by atoms with Crippen molar-refractivity contribution in [3.8, 4) is 0 Å². The van der Waals surface area contributed by atoms with Gasteiger partial charge in [0.15, 0.2) is 0 Å². The zero-order valence-corrected chi connectivity index (χ0v) is 7.41. The molecule has 0 spiro atoms. The smallest absolute Gasteiger partial charge is 0.0218 e. The molecule has 0 heterocycles. The van der Waals surface area contributed by atoms with Crippen LogP contribution < -0.4 is 0 Å². The Hall–Kier alpha value is 0. The van der Waals surface area contributed by atoms with Crippen LogP contribution in [0.15, 0.2) is 0 Å². The molecule has 0 nitrogen and oxygen atoms in total. The lowest BCUT2D eigenvalue weighted by Gasteiger charge is -2.29. The van der Waals surface area contributed by atoms with Gasteiger partial charge < -0.3 is 0 Å². The van der Waals surface area contributed by atoms with Gasteiger partial charge in [-0.15, -0.1) is 0 Å². The van der Waals surface area contributed by atoms with Crippen LogP contribution in [0.3, 0.4) is 0 Å². The van der Waals surface area contributed by atoms with Gasteiger partial charge in [-0.25, -0.2) is 0 Å². The molecule has 0 N–H and O–H groups in total. The molecule has 2 atom stereocenters. The third kappa shape index (κ3) is 0.627. The molecule has 10 heavy (non-hydrogen) atoms. The second kappa shape index (κ2) is 1.60. The zero-order valence-electron chi connectivity index (χ0n) is 7.41. The van der Waals surface area contributed by atoms with Gasteiger partial charge in [0.2, 0.25) is 0 Å². The van der Waals surface area contributed by atoms with Gasteiger partial charge >= 0.3 is 0 Å². The summed E-state index contributed by atoms with van der Waals surface area (Å²) in [5.74, 6) is 1.12. The largest absolute Gasteiger partial charge is 0.0596 e. The summed E-state index contributed by atoms with van der Waals surface area (Å²) in [6, 6.07) is 0. The van der Waals surface area contributed by atoms with Gasteiger partial charge in [0.05, 0.1) is 0 Å². The first-order chi connectivity index (χ1) is 4.56. The van der Waals surface area contributed by atoms with Crippen LogP contribution in [0.2, 0.25) is 0 Å². The Morgan fingerprint density at radius 2 is 2.00 bits per heavy atom. The van der Waals surface area contributed by atoms with Crippen molar-refractivity contribution in [2.24, 2.45) is 16.7 Å². The molecule has 0 aromatic heterocycles. The van der Waals surface area contributed by atoms with E-state index in [0.29, 0.717) is 5.41 Å². The maximum Gasteiger partial charge on any atom is -0.0218 e. The second-order valence-corrected chi connectivity index (χ2v) is 5.20. The molecule has 0 radical (unpaired) electrons. The van der Waals surface area contributed by atoms with Crippen LogP contribution >= 0.6 is 0 Å². The summed E-state index contributed by atoms with van der Waals surface area (Å²) in [6.45, 7) is 7.24. The van der Waals surface area contributed by atoms with E-state index in [4.69, 9.17) is 0 Å². The highest BCUT2D eigenvalue weighted by Crippen LogP contribution is 2.71. The van der Waals surface area contributed by atoms with Crippen molar-refractivity contribution in [1.29, 1.82) is 0 Å². The Labute approximate surface area is 64.0 Å². The quantitative estimate of drug-likeness (QED) is 0.482. The SMILES string of the molecule is CC(C)(C)[C@@]12CCC[C@@H]1C2. The Bertz CT molecular complexity index is 152. The van der Waals surface area contributed by atoms with Gasteiger partial charge in [-0.1, -0.05) is 27.2 Å². The summed E-state index contributed by atoms with van der Waals surface area (Å²) in [4.78, 5) is 0. The number of hydrogen-bond donors (Lipinski definition) is 0. The minimum atomic E-state index is 0.591. The van der Waals surface area contributed by atoms with E-state index in [2.05, 4.69) is 20.8 Å². The van der Waals surface area contributed by atoms with E-state index in [1.165, 1.54) is 25.7 Å². The third-order valence-electron chi connectivity index (χ3n) is 3.90. The Morgan fingerprint density at radius 1 is 1.30 bits per heavy atom. The summed E-state index contributed by atoms with van der Waals surface area (Å²) in [6.07, 6.45) is 6.08. The van der Waals surface area contributed by atoms with Crippen LogP contribution in [-0.2, 0) is 0 Å². The van der Waals surface area contributed by atoms with Crippen molar-refractivity contribution in [2.45, 2.75) is 46.5 Å². The fourth-order valence-corrected chi connectivity index (χ4v) is 3.02. The van der Waals surface area contributed by atoms with E-state index in [1.54, 1.807) is 0 Å². The highest BCUT2D eigenvalue weighted by Gasteiger charge is 2.62. The van der Waals surface area contributed by atoms with Crippen molar-refractivity contribution in [1.82, 2.24) is 0 Å². The molecule has 0 heteroatoms. The summed E-state index contributed by atoms with van der Waals surface area (Å²) in [5, 5.41) is 0. The lowest BCUT2D eigenvalue weighted by molar-refractivity contribution is 0.203. The molecule has 0 saturated heterocycles. The van der Waals surface area contributed by atoms with Crippen LogP contribution in [0.25, 0.3) is 0 Å². The van der Waals surface area contributed by atoms with Crippen LogP contribution in [0.4, 0.5) is 0 Å². The van der Waals surface area contributed by atoms with E-state index in [1.807, 2.05) is 0 Å². The maximum absolute atomic E-state index is 2.42. The molecule has 2 aliphatic rings. The summed E-state index contributed by atoms with van der Waals surface area (Å²) in [7, 11) is 0. The average Bonchev–Trinajstić information content (AvgIpc) is 2.36. The van der Waals surface area contributed by atoms with E-state index in [-0.39, 0.29) is 0 Å². The van der Waals surface area contributed by atoms with E-state index < -0.39 is 0 Å². The molecule has 0 amide bonds. The molecule has 2 aliphatic carbocycles. The van der Waals surface area contributed by atoms with E-state index in [0.717, 1.165) is 11.3 Å². The maximum atomic E-state index is 2.42. The first kappa shape index (κ1) is 6.69. The lowest BCUT2D eigenvalue weighted by atomic mass is 9.76. The van der Waals surface area contributed by atoms with Gasteiger partial charge in [0.25, 0.3) is 0 Å². The van der Waals surface area contributed by atoms with Crippen LogP contribution in [0.5, 0.6) is 0 Å². The summed E-state index contributed by atoms with van der Waals surface area (Å²) < 4.78 is 0. The number of rotatable bonds is 0. The predicted octanol–water partition coefficient (Wildman–Crippen LogP) is 3.22. The van der Waals surface area contributed by atoms with Crippen LogP contribution in [0, 0.1) is 16.7 Å². The highest BCUT2D eigenvalue weighted by molar-refractivity contribution is 5.11. The van der Waals surface area contributed by atoms with E-state index >= 15 is 0 Å². The summed E-state index contributed by atoms with van der Waals surface area (Å²) >= 11 is 0. The van der Waals surface area contributed by atoms with Crippen molar-refractivity contribution in [3.63, 3.8) is 0 Å². The van der Waals surface area contributed by atoms with Gasteiger partial charge in [-0.05, 0) is 36.0 Å². The van der Waals surface area contributed by atoms with Crippen molar-refractivity contribution >= 4 is 0 Å². The van der Waals surface area contributed by atoms with Gasteiger partial charge in [-0.2, -0.15) is 0 Å². The van der Waals surface area contributed by atoms with Crippen molar-refractivity contribution in [2.75, 3.05) is 0 Å². The molecule has 2 saturated carbocycles. The molecule has 0 unspecified atom stereocenters. The molecule has 0 aliphatic heterocycles. The summed E-state index contributed by atoms with van der Waals surface area (Å²) in [5.41, 5.74) is 1.39. The van der Waals surface area contributed by atoms with E-state index in [9.17, 15) is 0 Å². The first-order valence-electron chi connectivity index (χ1n) is 4.56. The fraction of sp³-hybridized carbons (Fsp3) is 1.00. The zero-order chi connectivity index (χ0) is 7.41. The third-order valence-corrected chi connectivity index (χ3v) is 3.90. The topological polar surface area (TPSA) is 0 Å². The standard InChI is InChI=1S/C10H18/c1-9(2,3)10-6-4-5-8(10)7-10/h8H,4-7H2,1-3H3/t8-,10-/m1/s1. The minimum absolute atomic E-state index is 0.591. The Morgan fingerprint density at radius 3 is 2.20 bits per heavy atom. The molecular weight excluding hydrogens is 120 g/mol. The van der Waals surface area contributed by atoms with Crippen molar-refractivity contribution in [3.05, 3.63) is 0 Å². The van der Waals surface area contributed by atoms with Gasteiger partial charge in [-0.3, -0.25) is 0 Å².